The SMILES string of the molecule is N#Cc1csc2c(O)ccc(O)c12. The van der Waals surface area contributed by atoms with E-state index in [-0.39, 0.29) is 11.5 Å². The number of fused-ring (bicyclic) bond motifs is 1. The van der Waals surface area contributed by atoms with E-state index >= 15 is 0 Å². The second-order valence-electron chi connectivity index (χ2n) is 2.57. The van der Waals surface area contributed by atoms with E-state index in [1.807, 2.05) is 6.07 Å². The topological polar surface area (TPSA) is 64.2 Å². The fraction of sp³-hybridized carbons (Fsp3) is 0. The van der Waals surface area contributed by atoms with Crippen LogP contribution in [0.5, 0.6) is 11.5 Å². The minimum atomic E-state index is 0.0330. The van der Waals surface area contributed by atoms with Gasteiger partial charge in [-0.2, -0.15) is 5.26 Å². The van der Waals surface area contributed by atoms with Crippen LogP contribution in [0, 0.1) is 11.3 Å². The predicted octanol–water partition coefficient (Wildman–Crippen LogP) is 2.18. The maximum absolute atomic E-state index is 9.44. The van der Waals surface area contributed by atoms with Gasteiger partial charge < -0.3 is 10.2 Å². The fourth-order valence-electron chi connectivity index (χ4n) is 1.20. The summed E-state index contributed by atoms with van der Waals surface area (Å²) < 4.78 is 0.552. The van der Waals surface area contributed by atoms with Crippen LogP contribution < -0.4 is 0 Å². The molecule has 2 N–H and O–H groups in total. The number of rotatable bonds is 0. The lowest BCUT2D eigenvalue weighted by molar-refractivity contribution is 0.470. The first-order valence-electron chi connectivity index (χ1n) is 3.56. The summed E-state index contributed by atoms with van der Waals surface area (Å²) in [6.07, 6.45) is 0. The van der Waals surface area contributed by atoms with Gasteiger partial charge in [-0.05, 0) is 12.1 Å². The van der Waals surface area contributed by atoms with Gasteiger partial charge in [0, 0.05) is 5.38 Å². The molecular formula is C9H5NO2S. The first-order chi connectivity index (χ1) is 6.24. The number of benzene rings is 1. The van der Waals surface area contributed by atoms with Crippen molar-refractivity contribution in [1.29, 1.82) is 5.26 Å². The molecule has 0 aliphatic carbocycles. The van der Waals surface area contributed by atoms with Crippen LogP contribution in [-0.4, -0.2) is 10.2 Å². The predicted molar refractivity (Wildman–Crippen MR) is 49.9 cm³/mol. The first-order valence-corrected chi connectivity index (χ1v) is 4.44. The quantitative estimate of drug-likeness (QED) is 0.627. The molecule has 0 aliphatic heterocycles. The molecule has 0 spiro atoms. The lowest BCUT2D eigenvalue weighted by atomic mass is 10.1. The highest BCUT2D eigenvalue weighted by Gasteiger charge is 2.10. The van der Waals surface area contributed by atoms with Crippen LogP contribution >= 0.6 is 11.3 Å². The maximum Gasteiger partial charge on any atom is 0.133 e. The van der Waals surface area contributed by atoms with Crippen molar-refractivity contribution >= 4 is 21.4 Å². The van der Waals surface area contributed by atoms with Gasteiger partial charge in [0.05, 0.1) is 15.6 Å². The Morgan fingerprint density at radius 3 is 2.62 bits per heavy atom. The smallest absolute Gasteiger partial charge is 0.133 e. The standard InChI is InChI=1S/C9H5NO2S/c10-3-5-4-13-9-7(12)2-1-6(11)8(5)9/h1-2,4,11-12H. The van der Waals surface area contributed by atoms with E-state index in [0.29, 0.717) is 15.6 Å². The number of nitrogens with zero attached hydrogens (tertiary/aromatic N) is 1. The van der Waals surface area contributed by atoms with E-state index < -0.39 is 0 Å². The van der Waals surface area contributed by atoms with Gasteiger partial charge in [-0.1, -0.05) is 0 Å². The van der Waals surface area contributed by atoms with Crippen molar-refractivity contribution in [3.05, 3.63) is 23.1 Å². The lowest BCUT2D eigenvalue weighted by Gasteiger charge is -1.97. The molecule has 1 aromatic heterocycles. The average Bonchev–Trinajstić information content (AvgIpc) is 2.56. The molecular weight excluding hydrogens is 186 g/mol. The number of hydrogen-bond acceptors (Lipinski definition) is 4. The van der Waals surface area contributed by atoms with Crippen LogP contribution in [0.3, 0.4) is 0 Å². The molecule has 3 nitrogen and oxygen atoms in total. The molecule has 0 unspecified atom stereocenters. The van der Waals surface area contributed by atoms with Crippen LogP contribution in [0.1, 0.15) is 5.56 Å². The zero-order chi connectivity index (χ0) is 9.42. The highest BCUT2D eigenvalue weighted by Crippen LogP contribution is 2.38. The van der Waals surface area contributed by atoms with Crippen LogP contribution in [0.4, 0.5) is 0 Å². The molecule has 0 aliphatic rings. The van der Waals surface area contributed by atoms with E-state index in [1.165, 1.54) is 23.5 Å². The molecule has 1 aromatic carbocycles. The number of phenols is 2. The second kappa shape index (κ2) is 2.64. The number of nitriles is 1. The monoisotopic (exact) mass is 191 g/mol. The molecule has 4 heteroatoms. The Balaban J connectivity index is 2.98. The molecule has 0 saturated carbocycles. The molecule has 2 rings (SSSR count). The number of aromatic hydroxyl groups is 2. The zero-order valence-corrected chi connectivity index (χ0v) is 7.30. The van der Waals surface area contributed by atoms with Gasteiger partial charge in [-0.3, -0.25) is 0 Å². The summed E-state index contributed by atoms with van der Waals surface area (Å²) >= 11 is 1.25. The van der Waals surface area contributed by atoms with Gasteiger partial charge in [0.2, 0.25) is 0 Å². The summed E-state index contributed by atoms with van der Waals surface area (Å²) in [7, 11) is 0. The van der Waals surface area contributed by atoms with Crippen LogP contribution in [0.15, 0.2) is 17.5 Å². The Hall–Kier alpha value is -1.73. The molecule has 0 amide bonds. The van der Waals surface area contributed by atoms with E-state index in [2.05, 4.69) is 0 Å². The molecule has 0 atom stereocenters. The van der Waals surface area contributed by atoms with Crippen LogP contribution in [0.2, 0.25) is 0 Å². The second-order valence-corrected chi connectivity index (χ2v) is 3.45. The molecule has 0 radical (unpaired) electrons. The van der Waals surface area contributed by atoms with Crippen molar-refractivity contribution < 1.29 is 10.2 Å². The largest absolute Gasteiger partial charge is 0.507 e. The molecule has 0 fully saturated rings. The molecule has 2 aromatic rings. The Kier molecular flexibility index (Phi) is 1.61. The third-order valence-corrected chi connectivity index (χ3v) is 2.80. The van der Waals surface area contributed by atoms with Crippen molar-refractivity contribution in [3.8, 4) is 17.6 Å². The van der Waals surface area contributed by atoms with Gasteiger partial charge in [0.1, 0.15) is 17.6 Å². The summed E-state index contributed by atoms with van der Waals surface area (Å²) in [6.45, 7) is 0. The third-order valence-electron chi connectivity index (χ3n) is 1.80. The van der Waals surface area contributed by atoms with E-state index in [0.717, 1.165) is 0 Å². The van der Waals surface area contributed by atoms with Gasteiger partial charge >= 0.3 is 0 Å². The summed E-state index contributed by atoms with van der Waals surface area (Å²) in [5.74, 6) is 0.130. The summed E-state index contributed by atoms with van der Waals surface area (Å²) in [5.41, 5.74) is 0.397. The molecule has 1 heterocycles. The fourth-order valence-corrected chi connectivity index (χ4v) is 2.13. The Morgan fingerprint density at radius 1 is 1.23 bits per heavy atom. The van der Waals surface area contributed by atoms with E-state index in [1.54, 1.807) is 5.38 Å². The summed E-state index contributed by atoms with van der Waals surface area (Å²) in [5, 5.41) is 29.6. The van der Waals surface area contributed by atoms with Crippen LogP contribution in [0.25, 0.3) is 10.1 Å². The minimum Gasteiger partial charge on any atom is -0.507 e. The van der Waals surface area contributed by atoms with Gasteiger partial charge in [-0.25, -0.2) is 0 Å². The molecule has 0 bridgehead atoms. The summed E-state index contributed by atoms with van der Waals surface area (Å²) in [4.78, 5) is 0. The third kappa shape index (κ3) is 1.02. The van der Waals surface area contributed by atoms with Crippen molar-refractivity contribution in [2.75, 3.05) is 0 Å². The van der Waals surface area contributed by atoms with Gasteiger partial charge in [-0.15, -0.1) is 11.3 Å². The van der Waals surface area contributed by atoms with E-state index in [9.17, 15) is 10.2 Å². The van der Waals surface area contributed by atoms with Crippen molar-refractivity contribution in [2.24, 2.45) is 0 Å². The number of hydrogen-bond donors (Lipinski definition) is 2. The van der Waals surface area contributed by atoms with Gasteiger partial charge in [0.15, 0.2) is 0 Å². The maximum atomic E-state index is 9.44. The minimum absolute atomic E-state index is 0.0330. The first kappa shape index (κ1) is 7.90. The highest BCUT2D eigenvalue weighted by molar-refractivity contribution is 7.17. The normalized spacial score (nSPS) is 10.1. The Morgan fingerprint density at radius 2 is 1.92 bits per heavy atom. The highest BCUT2D eigenvalue weighted by atomic mass is 32.1. The lowest BCUT2D eigenvalue weighted by Crippen LogP contribution is -1.72. The summed E-state index contributed by atoms with van der Waals surface area (Å²) in [6, 6.07) is 4.75. The number of thiophene rings is 1. The van der Waals surface area contributed by atoms with Crippen LogP contribution in [-0.2, 0) is 0 Å². The zero-order valence-electron chi connectivity index (χ0n) is 6.48. The Labute approximate surface area is 78.1 Å². The van der Waals surface area contributed by atoms with Gasteiger partial charge in [0.25, 0.3) is 0 Å². The molecule has 13 heavy (non-hydrogen) atoms. The molecule has 0 saturated heterocycles. The van der Waals surface area contributed by atoms with E-state index in [4.69, 9.17) is 5.26 Å². The average molecular weight is 191 g/mol. The Bertz CT molecular complexity index is 510. The number of phenolic OH excluding ortho intramolecular Hbond substituents is 2. The van der Waals surface area contributed by atoms with Crippen molar-refractivity contribution in [2.45, 2.75) is 0 Å². The molecule has 64 valence electrons. The van der Waals surface area contributed by atoms with Crippen molar-refractivity contribution in [1.82, 2.24) is 0 Å². The van der Waals surface area contributed by atoms with Crippen molar-refractivity contribution in [3.63, 3.8) is 0 Å².